The van der Waals surface area contributed by atoms with Gasteiger partial charge in [0, 0.05) is 22.8 Å². The molecule has 18 heavy (non-hydrogen) atoms. The fourth-order valence-corrected chi connectivity index (χ4v) is 1.66. The number of para-hydroxylation sites is 2. The smallest absolute Gasteiger partial charge is 0.0382 e. The predicted octanol–water partition coefficient (Wildman–Crippen LogP) is 4.46. The molecule has 2 N–H and O–H groups in total. The van der Waals surface area contributed by atoms with Crippen molar-refractivity contribution in [2.24, 2.45) is 0 Å². The molecule has 0 amide bonds. The first-order valence-corrected chi connectivity index (χ1v) is 6.07. The maximum absolute atomic E-state index is 3.38. The van der Waals surface area contributed by atoms with Gasteiger partial charge in [-0.25, -0.2) is 0 Å². The lowest BCUT2D eigenvalue weighted by Crippen LogP contribution is -2.05. The molecule has 0 atom stereocenters. The summed E-state index contributed by atoms with van der Waals surface area (Å²) in [6.07, 6.45) is 0. The van der Waals surface area contributed by atoms with E-state index in [4.69, 9.17) is 0 Å². The highest BCUT2D eigenvalue weighted by Crippen LogP contribution is 2.14. The zero-order valence-electron chi connectivity index (χ0n) is 10.8. The lowest BCUT2D eigenvalue weighted by molar-refractivity contribution is 1.23. The molecule has 2 aromatic rings. The molecular weight excluding hydrogens is 220 g/mol. The third-order valence-corrected chi connectivity index (χ3v) is 2.77. The highest BCUT2D eigenvalue weighted by molar-refractivity contribution is 5.52. The first-order chi connectivity index (χ1) is 8.75. The van der Waals surface area contributed by atoms with E-state index in [0.29, 0.717) is 0 Å². The van der Waals surface area contributed by atoms with Gasteiger partial charge in [-0.05, 0) is 38.1 Å². The van der Waals surface area contributed by atoms with E-state index < -0.39 is 0 Å². The Labute approximate surface area is 108 Å². The minimum absolute atomic E-state index is 1.10. The molecule has 0 aliphatic rings. The monoisotopic (exact) mass is 238 g/mol. The molecule has 92 valence electrons. The quantitative estimate of drug-likeness (QED) is 0.821. The van der Waals surface area contributed by atoms with Crippen LogP contribution in [0.1, 0.15) is 13.8 Å². The van der Waals surface area contributed by atoms with Crippen LogP contribution in [0.2, 0.25) is 0 Å². The number of benzene rings is 2. The summed E-state index contributed by atoms with van der Waals surface area (Å²) in [5, 5.41) is 6.76. The SMILES string of the molecule is CC(Nc1ccccc1)=C(C)Nc1ccccc1. The first-order valence-electron chi connectivity index (χ1n) is 6.07. The molecule has 0 saturated carbocycles. The van der Waals surface area contributed by atoms with Crippen LogP contribution in [0.4, 0.5) is 11.4 Å². The van der Waals surface area contributed by atoms with Crippen LogP contribution in [0.15, 0.2) is 72.1 Å². The Kier molecular flexibility index (Phi) is 4.02. The number of anilines is 2. The van der Waals surface area contributed by atoms with Crippen LogP contribution in [-0.4, -0.2) is 0 Å². The summed E-state index contributed by atoms with van der Waals surface area (Å²) >= 11 is 0. The van der Waals surface area contributed by atoms with Crippen LogP contribution in [-0.2, 0) is 0 Å². The number of nitrogens with one attached hydrogen (secondary N) is 2. The lowest BCUT2D eigenvalue weighted by atomic mass is 10.2. The number of hydrogen-bond acceptors (Lipinski definition) is 2. The zero-order valence-corrected chi connectivity index (χ0v) is 10.8. The standard InChI is InChI=1S/C16H18N2/c1-13(17-15-9-5-3-6-10-15)14(2)18-16-11-7-4-8-12-16/h3-12,17-18H,1-2H3. The van der Waals surface area contributed by atoms with Crippen LogP contribution in [0.5, 0.6) is 0 Å². The van der Waals surface area contributed by atoms with Crippen molar-refractivity contribution in [1.29, 1.82) is 0 Å². The van der Waals surface area contributed by atoms with Gasteiger partial charge in [0.25, 0.3) is 0 Å². The van der Waals surface area contributed by atoms with E-state index in [1.54, 1.807) is 0 Å². The second-order valence-corrected chi connectivity index (χ2v) is 4.23. The summed E-state index contributed by atoms with van der Waals surface area (Å²) in [7, 11) is 0. The van der Waals surface area contributed by atoms with E-state index in [2.05, 4.69) is 48.7 Å². The molecule has 0 unspecified atom stereocenters. The van der Waals surface area contributed by atoms with Gasteiger partial charge in [-0.2, -0.15) is 0 Å². The summed E-state index contributed by atoms with van der Waals surface area (Å²) in [6, 6.07) is 20.3. The number of rotatable bonds is 4. The van der Waals surface area contributed by atoms with Crippen molar-refractivity contribution >= 4 is 11.4 Å². The van der Waals surface area contributed by atoms with Crippen LogP contribution >= 0.6 is 0 Å². The van der Waals surface area contributed by atoms with Crippen molar-refractivity contribution in [3.05, 3.63) is 72.1 Å². The van der Waals surface area contributed by atoms with Gasteiger partial charge in [0.15, 0.2) is 0 Å². The van der Waals surface area contributed by atoms with Gasteiger partial charge >= 0.3 is 0 Å². The topological polar surface area (TPSA) is 24.1 Å². The lowest BCUT2D eigenvalue weighted by Gasteiger charge is -2.13. The largest absolute Gasteiger partial charge is 0.358 e. The third-order valence-electron chi connectivity index (χ3n) is 2.77. The molecule has 0 heterocycles. The third kappa shape index (κ3) is 3.39. The molecule has 0 aliphatic heterocycles. The molecular formula is C16H18N2. The van der Waals surface area contributed by atoms with Gasteiger partial charge < -0.3 is 10.6 Å². The predicted molar refractivity (Wildman–Crippen MR) is 78.5 cm³/mol. The molecule has 2 rings (SSSR count). The molecule has 0 aliphatic carbocycles. The second-order valence-electron chi connectivity index (χ2n) is 4.23. The van der Waals surface area contributed by atoms with E-state index in [1.165, 1.54) is 0 Å². The summed E-state index contributed by atoms with van der Waals surface area (Å²) in [5.74, 6) is 0. The summed E-state index contributed by atoms with van der Waals surface area (Å²) in [4.78, 5) is 0. The zero-order chi connectivity index (χ0) is 12.8. The summed E-state index contributed by atoms with van der Waals surface area (Å²) < 4.78 is 0. The Balaban J connectivity index is 2.06. The van der Waals surface area contributed by atoms with Crippen molar-refractivity contribution in [1.82, 2.24) is 0 Å². The van der Waals surface area contributed by atoms with Crippen molar-refractivity contribution in [3.8, 4) is 0 Å². The Hall–Kier alpha value is -2.22. The average molecular weight is 238 g/mol. The fraction of sp³-hybridized carbons (Fsp3) is 0.125. The van der Waals surface area contributed by atoms with Gasteiger partial charge in [-0.1, -0.05) is 36.4 Å². The Bertz CT molecular complexity index is 466. The summed E-state index contributed by atoms with van der Waals surface area (Å²) in [6.45, 7) is 4.14. The van der Waals surface area contributed by atoms with Crippen LogP contribution < -0.4 is 10.6 Å². The van der Waals surface area contributed by atoms with Gasteiger partial charge in [0.2, 0.25) is 0 Å². The molecule has 2 heteroatoms. The van der Waals surface area contributed by atoms with Gasteiger partial charge in [-0.15, -0.1) is 0 Å². The Morgan fingerprint density at radius 3 is 1.28 bits per heavy atom. The van der Waals surface area contributed by atoms with Crippen molar-refractivity contribution in [2.45, 2.75) is 13.8 Å². The number of allylic oxidation sites excluding steroid dienone is 2. The first kappa shape index (κ1) is 12.2. The van der Waals surface area contributed by atoms with E-state index in [9.17, 15) is 0 Å². The normalized spacial score (nSPS) is 11.7. The maximum Gasteiger partial charge on any atom is 0.0382 e. The molecule has 2 aromatic carbocycles. The van der Waals surface area contributed by atoms with Crippen LogP contribution in [0.3, 0.4) is 0 Å². The molecule has 0 radical (unpaired) electrons. The Morgan fingerprint density at radius 1 is 0.611 bits per heavy atom. The minimum Gasteiger partial charge on any atom is -0.358 e. The average Bonchev–Trinajstić information content (AvgIpc) is 2.41. The number of hydrogen-bond donors (Lipinski definition) is 2. The van der Waals surface area contributed by atoms with Gasteiger partial charge in [-0.3, -0.25) is 0 Å². The second kappa shape index (κ2) is 5.92. The van der Waals surface area contributed by atoms with Crippen molar-refractivity contribution in [3.63, 3.8) is 0 Å². The highest BCUT2D eigenvalue weighted by Gasteiger charge is 1.98. The molecule has 0 spiro atoms. The minimum atomic E-state index is 1.10. The van der Waals surface area contributed by atoms with Crippen molar-refractivity contribution in [2.75, 3.05) is 10.6 Å². The van der Waals surface area contributed by atoms with E-state index in [1.807, 2.05) is 36.4 Å². The molecule has 0 saturated heterocycles. The van der Waals surface area contributed by atoms with E-state index >= 15 is 0 Å². The van der Waals surface area contributed by atoms with Gasteiger partial charge in [0.1, 0.15) is 0 Å². The van der Waals surface area contributed by atoms with Crippen LogP contribution in [0, 0.1) is 0 Å². The van der Waals surface area contributed by atoms with Crippen LogP contribution in [0.25, 0.3) is 0 Å². The fourth-order valence-electron chi connectivity index (χ4n) is 1.66. The summed E-state index contributed by atoms with van der Waals surface area (Å²) in [5.41, 5.74) is 4.43. The van der Waals surface area contributed by atoms with E-state index in [-0.39, 0.29) is 0 Å². The molecule has 2 nitrogen and oxygen atoms in total. The Morgan fingerprint density at radius 2 is 0.944 bits per heavy atom. The van der Waals surface area contributed by atoms with E-state index in [0.717, 1.165) is 22.8 Å². The molecule has 0 aromatic heterocycles. The van der Waals surface area contributed by atoms with Crippen molar-refractivity contribution < 1.29 is 0 Å². The molecule has 0 bridgehead atoms. The molecule has 0 fully saturated rings. The maximum atomic E-state index is 3.38. The van der Waals surface area contributed by atoms with Gasteiger partial charge in [0.05, 0.1) is 0 Å². The highest BCUT2D eigenvalue weighted by atomic mass is 15.0.